The van der Waals surface area contributed by atoms with Crippen LogP contribution in [0.3, 0.4) is 0 Å². The van der Waals surface area contributed by atoms with E-state index in [0.717, 1.165) is 11.6 Å². The lowest BCUT2D eigenvalue weighted by atomic mass is 9.91. The summed E-state index contributed by atoms with van der Waals surface area (Å²) in [5, 5.41) is 9.69. The number of rotatable bonds is 9. The molecule has 0 aliphatic heterocycles. The first kappa shape index (κ1) is 28.8. The molecule has 0 radical (unpaired) electrons. The lowest BCUT2D eigenvalue weighted by Crippen LogP contribution is -2.53. The monoisotopic (exact) mass is 542 g/mol. The summed E-state index contributed by atoms with van der Waals surface area (Å²) in [4.78, 5) is 11.6. The second-order valence-corrected chi connectivity index (χ2v) is 8.44. The van der Waals surface area contributed by atoms with Crippen molar-refractivity contribution in [1.29, 1.82) is 0 Å². The second-order valence-electron chi connectivity index (χ2n) is 8.44. The summed E-state index contributed by atoms with van der Waals surface area (Å²) >= 11 is 0. The number of carbonyl (C=O) groups excluding carboxylic acids is 1. The zero-order valence-electron chi connectivity index (χ0n) is 20.3. The molecule has 11 heteroatoms. The van der Waals surface area contributed by atoms with Crippen LogP contribution >= 0.6 is 0 Å². The Morgan fingerprint density at radius 3 is 2.03 bits per heavy atom. The van der Waals surface area contributed by atoms with Crippen LogP contribution in [0.5, 0.6) is 11.5 Å². The van der Waals surface area contributed by atoms with Gasteiger partial charge in [-0.25, -0.2) is 4.79 Å². The maximum absolute atomic E-state index is 13.3. The first-order valence-electron chi connectivity index (χ1n) is 11.2. The van der Waals surface area contributed by atoms with Gasteiger partial charge in [0.2, 0.25) is 0 Å². The van der Waals surface area contributed by atoms with Gasteiger partial charge in [-0.3, -0.25) is 0 Å². The summed E-state index contributed by atoms with van der Waals surface area (Å²) in [6, 6.07) is 17.2. The van der Waals surface area contributed by atoms with Crippen molar-refractivity contribution in [2.75, 3.05) is 13.7 Å². The maximum Gasteiger partial charge on any atom is 0.430 e. The summed E-state index contributed by atoms with van der Waals surface area (Å²) < 4.78 is 96.0. The molecular weight excluding hydrogens is 518 g/mol. The Labute approximate surface area is 214 Å². The highest BCUT2D eigenvalue weighted by atomic mass is 19.4. The van der Waals surface area contributed by atoms with Crippen molar-refractivity contribution in [3.63, 3.8) is 0 Å². The van der Waals surface area contributed by atoms with E-state index in [1.807, 2.05) is 18.2 Å². The minimum Gasteiger partial charge on any atom is -0.490 e. The van der Waals surface area contributed by atoms with E-state index in [9.17, 15) is 36.2 Å². The molecule has 0 fully saturated rings. The van der Waals surface area contributed by atoms with Crippen LogP contribution in [-0.2, 0) is 16.8 Å². The average molecular weight is 542 g/mol. The van der Waals surface area contributed by atoms with Crippen LogP contribution in [0.1, 0.15) is 27.0 Å². The Morgan fingerprint density at radius 2 is 1.50 bits per heavy atom. The summed E-state index contributed by atoms with van der Waals surface area (Å²) in [5.41, 5.74) is -5.30. The van der Waals surface area contributed by atoms with Gasteiger partial charge in [0, 0.05) is 12.0 Å². The van der Waals surface area contributed by atoms with Gasteiger partial charge < -0.3 is 19.3 Å². The molecule has 3 rings (SSSR count). The van der Waals surface area contributed by atoms with Crippen molar-refractivity contribution in [3.8, 4) is 11.5 Å². The van der Waals surface area contributed by atoms with Gasteiger partial charge in [0.15, 0.2) is 0 Å². The van der Waals surface area contributed by atoms with Crippen molar-refractivity contribution >= 4 is 5.97 Å². The molecule has 38 heavy (non-hydrogen) atoms. The van der Waals surface area contributed by atoms with E-state index in [2.05, 4.69) is 4.74 Å². The Morgan fingerprint density at radius 1 is 0.895 bits per heavy atom. The third-order valence-corrected chi connectivity index (χ3v) is 5.72. The van der Waals surface area contributed by atoms with Crippen molar-refractivity contribution in [1.82, 2.24) is 0 Å². The summed E-state index contributed by atoms with van der Waals surface area (Å²) in [5.74, 6) is -0.110. The van der Waals surface area contributed by atoms with Crippen molar-refractivity contribution in [2.45, 2.75) is 37.4 Å². The van der Waals surface area contributed by atoms with Gasteiger partial charge in [-0.15, -0.1) is 0 Å². The lowest BCUT2D eigenvalue weighted by Gasteiger charge is -2.33. The van der Waals surface area contributed by atoms with Crippen LogP contribution in [0.2, 0.25) is 0 Å². The van der Waals surface area contributed by atoms with E-state index < -0.39 is 35.6 Å². The lowest BCUT2D eigenvalue weighted by molar-refractivity contribution is -0.376. The summed E-state index contributed by atoms with van der Waals surface area (Å²) in [6.07, 6.45) is -12.4. The van der Waals surface area contributed by atoms with Gasteiger partial charge in [-0.05, 0) is 54.4 Å². The highest BCUT2D eigenvalue weighted by Crippen LogP contribution is 2.50. The standard InChI is InChI=1S/C27H24F6O5/c1-17-14-20(25(35,26(28,29)30)27(31,32)33)10-13-23(17)38-22(15-18-6-4-3-5-7-18)16-37-21-11-8-19(9-12-21)24(34)36-2/h3-14,22,35H,15-16H2,1-2H3/t22-/m0/s1. The average Bonchev–Trinajstić information content (AvgIpc) is 2.87. The Balaban J connectivity index is 1.84. The van der Waals surface area contributed by atoms with Crippen LogP contribution < -0.4 is 9.47 Å². The zero-order valence-corrected chi connectivity index (χ0v) is 20.3. The summed E-state index contributed by atoms with van der Waals surface area (Å²) in [7, 11) is 1.25. The molecule has 3 aromatic rings. The highest BCUT2D eigenvalue weighted by molar-refractivity contribution is 5.89. The predicted molar refractivity (Wildman–Crippen MR) is 125 cm³/mol. The van der Waals surface area contributed by atoms with E-state index in [0.29, 0.717) is 29.9 Å². The van der Waals surface area contributed by atoms with Crippen LogP contribution in [0.25, 0.3) is 0 Å². The predicted octanol–water partition coefficient (Wildman–Crippen LogP) is 6.16. The molecule has 5 nitrogen and oxygen atoms in total. The van der Waals surface area contributed by atoms with E-state index >= 15 is 0 Å². The van der Waals surface area contributed by atoms with Gasteiger partial charge in [0.25, 0.3) is 5.60 Å². The first-order valence-corrected chi connectivity index (χ1v) is 11.2. The molecular formula is C27H24F6O5. The largest absolute Gasteiger partial charge is 0.490 e. The van der Waals surface area contributed by atoms with Crippen LogP contribution in [-0.4, -0.2) is 43.2 Å². The molecule has 0 aliphatic carbocycles. The molecule has 0 aromatic heterocycles. The van der Waals surface area contributed by atoms with Crippen molar-refractivity contribution < 1.29 is 50.5 Å². The smallest absolute Gasteiger partial charge is 0.430 e. The van der Waals surface area contributed by atoms with E-state index in [1.165, 1.54) is 26.2 Å². The molecule has 0 saturated heterocycles. The Kier molecular flexibility index (Phi) is 8.61. The molecule has 1 N–H and O–H groups in total. The Hall–Kier alpha value is -3.73. The number of hydrogen-bond acceptors (Lipinski definition) is 5. The fourth-order valence-electron chi connectivity index (χ4n) is 3.68. The third-order valence-electron chi connectivity index (χ3n) is 5.72. The summed E-state index contributed by atoms with van der Waals surface area (Å²) in [6.45, 7) is 1.24. The molecule has 0 spiro atoms. The van der Waals surface area contributed by atoms with Crippen LogP contribution in [0, 0.1) is 6.92 Å². The fraction of sp³-hybridized carbons (Fsp3) is 0.296. The number of ether oxygens (including phenoxy) is 3. The zero-order chi connectivity index (χ0) is 28.1. The van der Waals surface area contributed by atoms with E-state index in [-0.39, 0.29) is 17.9 Å². The molecule has 0 unspecified atom stereocenters. The van der Waals surface area contributed by atoms with Gasteiger partial charge >= 0.3 is 18.3 Å². The third kappa shape index (κ3) is 6.39. The molecule has 204 valence electrons. The number of aryl methyl sites for hydroxylation is 1. The SMILES string of the molecule is COC(=O)c1ccc(OC[C@H](Cc2ccccc2)Oc2ccc(C(O)(C(F)(F)F)C(F)(F)F)cc2C)cc1. The van der Waals surface area contributed by atoms with Crippen LogP contribution in [0.15, 0.2) is 72.8 Å². The number of alkyl halides is 6. The van der Waals surface area contributed by atoms with Crippen LogP contribution in [0.4, 0.5) is 26.3 Å². The van der Waals surface area contributed by atoms with E-state index in [4.69, 9.17) is 9.47 Å². The molecule has 0 bridgehead atoms. The van der Waals surface area contributed by atoms with Gasteiger partial charge in [0.05, 0.1) is 12.7 Å². The fourth-order valence-corrected chi connectivity index (χ4v) is 3.68. The number of methoxy groups -OCH3 is 1. The molecule has 1 atom stereocenters. The molecule has 0 amide bonds. The van der Waals surface area contributed by atoms with Gasteiger partial charge in [0.1, 0.15) is 24.2 Å². The Bertz CT molecular complexity index is 1210. The normalized spacial score (nSPS) is 13.1. The van der Waals surface area contributed by atoms with Gasteiger partial charge in [-0.1, -0.05) is 36.4 Å². The minimum absolute atomic E-state index is 0.0195. The number of aliphatic hydroxyl groups is 1. The van der Waals surface area contributed by atoms with E-state index in [1.54, 1.807) is 24.3 Å². The second kappa shape index (κ2) is 11.3. The number of benzene rings is 3. The molecule has 0 aliphatic rings. The molecule has 0 saturated carbocycles. The topological polar surface area (TPSA) is 65.0 Å². The first-order chi connectivity index (χ1) is 17.8. The highest BCUT2D eigenvalue weighted by Gasteiger charge is 2.71. The molecule has 3 aromatic carbocycles. The number of carbonyl (C=O) groups is 1. The number of halogens is 6. The number of hydrogen-bond donors (Lipinski definition) is 1. The van der Waals surface area contributed by atoms with Crippen molar-refractivity contribution in [3.05, 3.63) is 95.1 Å². The number of esters is 1. The minimum atomic E-state index is -5.99. The van der Waals surface area contributed by atoms with Crippen molar-refractivity contribution in [2.24, 2.45) is 0 Å². The maximum atomic E-state index is 13.3. The van der Waals surface area contributed by atoms with Gasteiger partial charge in [-0.2, -0.15) is 26.3 Å². The quantitative estimate of drug-likeness (QED) is 0.259. The molecule has 0 heterocycles.